The number of carbonyl (C=O) groups is 1. The molecule has 0 aromatic heterocycles. The van der Waals surface area contributed by atoms with Crippen molar-refractivity contribution in [3.8, 4) is 0 Å². The molecule has 0 aromatic rings. The number of nitrogens with one attached hydrogen (secondary N) is 2. The third-order valence-electron chi connectivity index (χ3n) is 3.47. The van der Waals surface area contributed by atoms with Crippen molar-refractivity contribution in [2.24, 2.45) is 5.92 Å². The molecular weight excluding hydrogens is 230 g/mol. The predicted octanol–water partition coefficient (Wildman–Crippen LogP) is 0.0673. The summed E-state index contributed by atoms with van der Waals surface area (Å²) in [6.45, 7) is 10.2. The van der Waals surface area contributed by atoms with Crippen LogP contribution in [0.2, 0.25) is 0 Å². The standard InChI is InChI=1S/C13H27N3O2/c1-5-15-13(17)11-8-14-6-7-16(11)12(9-18-4)10(2)3/h10-12,14H,5-9H2,1-4H3,(H,15,17). The number of likely N-dealkylation sites (N-methyl/N-ethyl adjacent to an activating group) is 1. The molecule has 0 saturated carbocycles. The zero-order valence-corrected chi connectivity index (χ0v) is 12.0. The molecule has 2 atom stereocenters. The summed E-state index contributed by atoms with van der Waals surface area (Å²) >= 11 is 0. The van der Waals surface area contributed by atoms with Gasteiger partial charge in [-0.2, -0.15) is 0 Å². The first-order valence-corrected chi connectivity index (χ1v) is 6.84. The lowest BCUT2D eigenvalue weighted by atomic mass is 9.99. The highest BCUT2D eigenvalue weighted by atomic mass is 16.5. The second-order valence-corrected chi connectivity index (χ2v) is 5.12. The second-order valence-electron chi connectivity index (χ2n) is 5.12. The van der Waals surface area contributed by atoms with Crippen molar-refractivity contribution in [1.82, 2.24) is 15.5 Å². The molecule has 0 aliphatic carbocycles. The third-order valence-corrected chi connectivity index (χ3v) is 3.47. The number of nitrogens with zero attached hydrogens (tertiary/aromatic N) is 1. The van der Waals surface area contributed by atoms with Crippen LogP contribution in [0.3, 0.4) is 0 Å². The molecule has 2 N–H and O–H groups in total. The topological polar surface area (TPSA) is 53.6 Å². The Bertz CT molecular complexity index is 259. The summed E-state index contributed by atoms with van der Waals surface area (Å²) in [4.78, 5) is 14.4. The molecular formula is C13H27N3O2. The molecule has 0 spiro atoms. The van der Waals surface area contributed by atoms with E-state index in [1.165, 1.54) is 0 Å². The number of amides is 1. The van der Waals surface area contributed by atoms with E-state index in [9.17, 15) is 4.79 Å². The van der Waals surface area contributed by atoms with Crippen molar-refractivity contribution in [2.75, 3.05) is 39.9 Å². The zero-order valence-electron chi connectivity index (χ0n) is 12.0. The van der Waals surface area contributed by atoms with Gasteiger partial charge in [-0.15, -0.1) is 0 Å². The lowest BCUT2D eigenvalue weighted by Crippen LogP contribution is -2.62. The van der Waals surface area contributed by atoms with Crippen LogP contribution in [-0.4, -0.2) is 62.8 Å². The summed E-state index contributed by atoms with van der Waals surface area (Å²) in [6, 6.07) is 0.214. The van der Waals surface area contributed by atoms with Crippen LogP contribution in [0, 0.1) is 5.92 Å². The van der Waals surface area contributed by atoms with Crippen molar-refractivity contribution in [3.63, 3.8) is 0 Å². The van der Waals surface area contributed by atoms with Gasteiger partial charge < -0.3 is 15.4 Å². The number of rotatable bonds is 6. The van der Waals surface area contributed by atoms with Gasteiger partial charge in [-0.25, -0.2) is 0 Å². The Labute approximate surface area is 110 Å². The van der Waals surface area contributed by atoms with Crippen LogP contribution in [0.4, 0.5) is 0 Å². The fraction of sp³-hybridized carbons (Fsp3) is 0.923. The maximum atomic E-state index is 12.1. The zero-order chi connectivity index (χ0) is 13.5. The quantitative estimate of drug-likeness (QED) is 0.707. The van der Waals surface area contributed by atoms with E-state index in [1.54, 1.807) is 7.11 Å². The monoisotopic (exact) mass is 257 g/mol. The Morgan fingerprint density at radius 1 is 1.56 bits per heavy atom. The molecule has 1 saturated heterocycles. The van der Waals surface area contributed by atoms with E-state index in [2.05, 4.69) is 29.4 Å². The molecule has 5 nitrogen and oxygen atoms in total. The minimum atomic E-state index is -0.0822. The molecule has 0 aromatic carbocycles. The third kappa shape index (κ3) is 3.93. The van der Waals surface area contributed by atoms with Crippen molar-refractivity contribution in [2.45, 2.75) is 32.9 Å². The van der Waals surface area contributed by atoms with Gasteiger partial charge in [0.2, 0.25) is 5.91 Å². The maximum Gasteiger partial charge on any atom is 0.238 e. The molecule has 1 rings (SSSR count). The number of methoxy groups -OCH3 is 1. The minimum Gasteiger partial charge on any atom is -0.383 e. The smallest absolute Gasteiger partial charge is 0.238 e. The Hall–Kier alpha value is -0.650. The Morgan fingerprint density at radius 3 is 2.83 bits per heavy atom. The first-order chi connectivity index (χ1) is 8.61. The van der Waals surface area contributed by atoms with E-state index in [-0.39, 0.29) is 11.9 Å². The van der Waals surface area contributed by atoms with E-state index in [4.69, 9.17) is 4.74 Å². The van der Waals surface area contributed by atoms with Gasteiger partial charge >= 0.3 is 0 Å². The van der Waals surface area contributed by atoms with Crippen LogP contribution in [0.25, 0.3) is 0 Å². The first kappa shape index (κ1) is 15.4. The lowest BCUT2D eigenvalue weighted by Gasteiger charge is -2.42. The van der Waals surface area contributed by atoms with Crippen molar-refractivity contribution < 1.29 is 9.53 Å². The highest BCUT2D eigenvalue weighted by Gasteiger charge is 2.34. The molecule has 5 heteroatoms. The van der Waals surface area contributed by atoms with Crippen LogP contribution >= 0.6 is 0 Å². The van der Waals surface area contributed by atoms with E-state index in [1.807, 2.05) is 6.92 Å². The molecule has 0 bridgehead atoms. The van der Waals surface area contributed by atoms with Crippen molar-refractivity contribution >= 4 is 5.91 Å². The minimum absolute atomic E-state index is 0.0822. The average Bonchev–Trinajstić information content (AvgIpc) is 2.36. The predicted molar refractivity (Wildman–Crippen MR) is 72.5 cm³/mol. The van der Waals surface area contributed by atoms with Gasteiger partial charge in [0, 0.05) is 39.3 Å². The highest BCUT2D eigenvalue weighted by Crippen LogP contribution is 2.16. The van der Waals surface area contributed by atoms with Gasteiger partial charge in [0.25, 0.3) is 0 Å². The molecule has 18 heavy (non-hydrogen) atoms. The largest absolute Gasteiger partial charge is 0.383 e. The summed E-state index contributed by atoms with van der Waals surface area (Å²) in [5, 5.41) is 6.22. The summed E-state index contributed by atoms with van der Waals surface area (Å²) in [5.41, 5.74) is 0. The number of hydrogen-bond acceptors (Lipinski definition) is 4. The van der Waals surface area contributed by atoms with Crippen molar-refractivity contribution in [1.29, 1.82) is 0 Å². The highest BCUT2D eigenvalue weighted by molar-refractivity contribution is 5.82. The summed E-state index contributed by atoms with van der Waals surface area (Å²) in [7, 11) is 1.72. The normalized spacial score (nSPS) is 23.1. The van der Waals surface area contributed by atoms with Gasteiger partial charge in [0.15, 0.2) is 0 Å². The van der Waals surface area contributed by atoms with Crippen molar-refractivity contribution in [3.05, 3.63) is 0 Å². The van der Waals surface area contributed by atoms with Gasteiger partial charge in [-0.3, -0.25) is 9.69 Å². The number of piperazine rings is 1. The van der Waals surface area contributed by atoms with E-state index in [0.29, 0.717) is 25.1 Å². The fourth-order valence-electron chi connectivity index (χ4n) is 2.49. The molecule has 1 heterocycles. The summed E-state index contributed by atoms with van der Waals surface area (Å²) in [6.07, 6.45) is 0. The van der Waals surface area contributed by atoms with Crippen LogP contribution in [0.5, 0.6) is 0 Å². The van der Waals surface area contributed by atoms with Crippen LogP contribution in [0.1, 0.15) is 20.8 Å². The van der Waals surface area contributed by atoms with Crippen LogP contribution < -0.4 is 10.6 Å². The number of carbonyl (C=O) groups excluding carboxylic acids is 1. The molecule has 2 unspecified atom stereocenters. The SMILES string of the molecule is CCNC(=O)C1CNCCN1C(COC)C(C)C. The number of hydrogen-bond donors (Lipinski definition) is 2. The fourth-order valence-corrected chi connectivity index (χ4v) is 2.49. The maximum absolute atomic E-state index is 12.1. The average molecular weight is 257 g/mol. The molecule has 1 aliphatic heterocycles. The molecule has 1 fully saturated rings. The summed E-state index contributed by atoms with van der Waals surface area (Å²) < 4.78 is 5.31. The van der Waals surface area contributed by atoms with E-state index >= 15 is 0 Å². The molecule has 1 amide bonds. The number of ether oxygens (including phenoxy) is 1. The van der Waals surface area contributed by atoms with Gasteiger partial charge in [0.1, 0.15) is 6.04 Å². The Kier molecular flexibility index (Phi) is 6.60. The van der Waals surface area contributed by atoms with Gasteiger partial charge in [-0.05, 0) is 12.8 Å². The van der Waals surface area contributed by atoms with Crippen LogP contribution in [0.15, 0.2) is 0 Å². The van der Waals surface area contributed by atoms with Gasteiger partial charge in [0.05, 0.1) is 6.61 Å². The molecule has 0 radical (unpaired) electrons. The van der Waals surface area contributed by atoms with E-state index in [0.717, 1.165) is 19.6 Å². The second kappa shape index (κ2) is 7.71. The molecule has 1 aliphatic rings. The molecule has 106 valence electrons. The van der Waals surface area contributed by atoms with Gasteiger partial charge in [-0.1, -0.05) is 13.8 Å². The van der Waals surface area contributed by atoms with Crippen LogP contribution in [-0.2, 0) is 9.53 Å². The van der Waals surface area contributed by atoms with E-state index < -0.39 is 0 Å². The Morgan fingerprint density at radius 2 is 2.28 bits per heavy atom. The summed E-state index contributed by atoms with van der Waals surface area (Å²) in [5.74, 6) is 0.589. The first-order valence-electron chi connectivity index (χ1n) is 6.84. The Balaban J connectivity index is 2.75. The lowest BCUT2D eigenvalue weighted by molar-refractivity contribution is -0.129.